The van der Waals surface area contributed by atoms with Crippen molar-refractivity contribution in [2.45, 2.75) is 46.2 Å². The lowest BCUT2D eigenvalue weighted by atomic mass is 10.2. The number of carbonyl (C=O) groups excluding carboxylic acids is 1. The van der Waals surface area contributed by atoms with Crippen LogP contribution in [0.2, 0.25) is 0 Å². The molecule has 0 aliphatic carbocycles. The zero-order valence-corrected chi connectivity index (χ0v) is 9.12. The minimum Gasteiger partial charge on any atom is -0.428 e. The summed E-state index contributed by atoms with van der Waals surface area (Å²) in [6.45, 7) is 8.90. The third kappa shape index (κ3) is 2.85. The second-order valence-electron chi connectivity index (χ2n) is 4.49. The van der Waals surface area contributed by atoms with Gasteiger partial charge in [-0.15, -0.1) is 0 Å². The van der Waals surface area contributed by atoms with Gasteiger partial charge in [-0.25, -0.2) is 4.79 Å². The van der Waals surface area contributed by atoms with Gasteiger partial charge in [-0.2, -0.15) is 9.78 Å². The number of ether oxygens (including phenoxy) is 2. The van der Waals surface area contributed by atoms with E-state index in [4.69, 9.17) is 9.47 Å². The van der Waals surface area contributed by atoms with Crippen molar-refractivity contribution in [3.63, 3.8) is 0 Å². The van der Waals surface area contributed by atoms with E-state index in [0.29, 0.717) is 0 Å². The maximum atomic E-state index is 11.2. The quantitative estimate of drug-likeness (QED) is 0.392. The van der Waals surface area contributed by atoms with Crippen molar-refractivity contribution >= 4 is 6.16 Å². The molecule has 0 aromatic rings. The fourth-order valence-corrected chi connectivity index (χ4v) is 0.772. The Hall–Kier alpha value is -0.810. The van der Waals surface area contributed by atoms with E-state index in [2.05, 4.69) is 9.78 Å². The van der Waals surface area contributed by atoms with Gasteiger partial charge >= 0.3 is 12.1 Å². The molecule has 0 spiro atoms. The van der Waals surface area contributed by atoms with Crippen molar-refractivity contribution in [2.75, 3.05) is 0 Å². The van der Waals surface area contributed by atoms with Gasteiger partial charge in [0, 0.05) is 0 Å². The van der Waals surface area contributed by atoms with Crippen LogP contribution in [0.3, 0.4) is 0 Å². The van der Waals surface area contributed by atoms with E-state index in [1.807, 2.05) is 13.8 Å². The van der Waals surface area contributed by atoms with Gasteiger partial charge in [0.25, 0.3) is 0 Å². The first-order chi connectivity index (χ1) is 6.25. The molecule has 0 radical (unpaired) electrons. The molecule has 0 bridgehead atoms. The first kappa shape index (κ1) is 11.3. The van der Waals surface area contributed by atoms with Gasteiger partial charge in [0.1, 0.15) is 5.60 Å². The molecule has 1 aliphatic heterocycles. The molecule has 82 valence electrons. The van der Waals surface area contributed by atoms with Gasteiger partial charge in [-0.3, -0.25) is 0 Å². The molecule has 0 aromatic heterocycles. The maximum absolute atomic E-state index is 11.2. The predicted molar refractivity (Wildman–Crippen MR) is 47.1 cm³/mol. The van der Waals surface area contributed by atoms with E-state index < -0.39 is 17.7 Å². The van der Waals surface area contributed by atoms with Crippen molar-refractivity contribution < 1.29 is 24.0 Å². The lowest BCUT2D eigenvalue weighted by Crippen LogP contribution is -2.31. The SMILES string of the molecule is CC(C)C1(OC(=O)OC(C)(C)C)OO1. The van der Waals surface area contributed by atoms with E-state index in [1.165, 1.54) is 0 Å². The molecule has 1 saturated heterocycles. The van der Waals surface area contributed by atoms with Gasteiger partial charge in [0.15, 0.2) is 0 Å². The molecule has 0 aromatic carbocycles. The molecule has 5 heteroatoms. The van der Waals surface area contributed by atoms with Gasteiger partial charge < -0.3 is 9.47 Å². The molecule has 1 rings (SSSR count). The molecule has 0 saturated carbocycles. The Labute approximate surface area is 83.2 Å². The Morgan fingerprint density at radius 1 is 1.29 bits per heavy atom. The summed E-state index contributed by atoms with van der Waals surface area (Å²) in [5.74, 6) is -1.31. The van der Waals surface area contributed by atoms with Crippen LogP contribution >= 0.6 is 0 Å². The second-order valence-corrected chi connectivity index (χ2v) is 4.49. The molecule has 1 fully saturated rings. The summed E-state index contributed by atoms with van der Waals surface area (Å²) < 4.78 is 9.82. The van der Waals surface area contributed by atoms with Crippen molar-refractivity contribution in [1.29, 1.82) is 0 Å². The molecule has 0 N–H and O–H groups in total. The van der Waals surface area contributed by atoms with Gasteiger partial charge in [0.2, 0.25) is 0 Å². The lowest BCUT2D eigenvalue weighted by Gasteiger charge is -2.20. The van der Waals surface area contributed by atoms with Crippen LogP contribution in [0.5, 0.6) is 0 Å². The average molecular weight is 204 g/mol. The van der Waals surface area contributed by atoms with Crippen LogP contribution in [0, 0.1) is 5.92 Å². The molecule has 1 aliphatic rings. The van der Waals surface area contributed by atoms with E-state index in [0.717, 1.165) is 0 Å². The van der Waals surface area contributed by atoms with Crippen LogP contribution < -0.4 is 0 Å². The summed E-state index contributed by atoms with van der Waals surface area (Å²) in [6.07, 6.45) is -0.788. The smallest absolute Gasteiger partial charge is 0.428 e. The Balaban J connectivity index is 2.42. The van der Waals surface area contributed by atoms with Crippen LogP contribution in [0.15, 0.2) is 0 Å². The Kier molecular flexibility index (Phi) is 2.74. The van der Waals surface area contributed by atoms with Crippen molar-refractivity contribution in [1.82, 2.24) is 0 Å². The number of carbonyl (C=O) groups is 1. The largest absolute Gasteiger partial charge is 0.513 e. The minimum atomic E-state index is -1.23. The minimum absolute atomic E-state index is 0.0741. The summed E-state index contributed by atoms with van der Waals surface area (Å²) in [4.78, 5) is 20.5. The normalized spacial score (nSPS) is 19.3. The van der Waals surface area contributed by atoms with Crippen molar-refractivity contribution in [3.05, 3.63) is 0 Å². The highest BCUT2D eigenvalue weighted by atomic mass is 17.5. The van der Waals surface area contributed by atoms with Gasteiger partial charge in [0.05, 0.1) is 5.92 Å². The fourth-order valence-electron chi connectivity index (χ4n) is 0.772. The first-order valence-corrected chi connectivity index (χ1v) is 4.54. The highest BCUT2D eigenvalue weighted by molar-refractivity contribution is 5.61. The summed E-state index contributed by atoms with van der Waals surface area (Å²) in [7, 11) is 0. The average Bonchev–Trinajstić information content (AvgIpc) is 2.63. The number of hydrogen-bond acceptors (Lipinski definition) is 5. The Morgan fingerprint density at radius 3 is 2.07 bits per heavy atom. The third-order valence-electron chi connectivity index (χ3n) is 1.57. The molecular weight excluding hydrogens is 188 g/mol. The summed E-state index contributed by atoms with van der Waals surface area (Å²) in [5.41, 5.74) is -0.579. The third-order valence-corrected chi connectivity index (χ3v) is 1.57. The van der Waals surface area contributed by atoms with Crippen molar-refractivity contribution in [3.8, 4) is 0 Å². The summed E-state index contributed by atoms with van der Waals surface area (Å²) in [6, 6.07) is 0. The van der Waals surface area contributed by atoms with Crippen molar-refractivity contribution in [2.24, 2.45) is 5.92 Å². The molecule has 14 heavy (non-hydrogen) atoms. The first-order valence-electron chi connectivity index (χ1n) is 4.54. The molecular formula is C9H16O5. The number of hydrogen-bond donors (Lipinski definition) is 0. The molecule has 5 nitrogen and oxygen atoms in total. The monoisotopic (exact) mass is 204 g/mol. The second kappa shape index (κ2) is 3.40. The molecule has 0 unspecified atom stereocenters. The van der Waals surface area contributed by atoms with E-state index in [-0.39, 0.29) is 5.92 Å². The topological polar surface area (TPSA) is 60.6 Å². The summed E-state index contributed by atoms with van der Waals surface area (Å²) in [5, 5.41) is 0. The summed E-state index contributed by atoms with van der Waals surface area (Å²) >= 11 is 0. The zero-order valence-electron chi connectivity index (χ0n) is 9.12. The Morgan fingerprint density at radius 2 is 1.79 bits per heavy atom. The number of rotatable bonds is 2. The van der Waals surface area contributed by atoms with Crippen LogP contribution in [0.25, 0.3) is 0 Å². The van der Waals surface area contributed by atoms with E-state index >= 15 is 0 Å². The fraction of sp³-hybridized carbons (Fsp3) is 0.889. The van der Waals surface area contributed by atoms with Crippen LogP contribution in [0.1, 0.15) is 34.6 Å². The van der Waals surface area contributed by atoms with Crippen LogP contribution in [-0.2, 0) is 19.2 Å². The molecule has 0 atom stereocenters. The van der Waals surface area contributed by atoms with Gasteiger partial charge in [-0.1, -0.05) is 13.8 Å². The van der Waals surface area contributed by atoms with Crippen LogP contribution in [0.4, 0.5) is 4.79 Å². The maximum Gasteiger partial charge on any atom is 0.513 e. The highest BCUT2D eigenvalue weighted by Crippen LogP contribution is 2.38. The molecule has 0 amide bonds. The lowest BCUT2D eigenvalue weighted by molar-refractivity contribution is -0.0906. The Bertz CT molecular complexity index is 224. The van der Waals surface area contributed by atoms with E-state index in [9.17, 15) is 4.79 Å². The zero-order chi connectivity index (χ0) is 11.0. The van der Waals surface area contributed by atoms with Crippen LogP contribution in [-0.4, -0.2) is 17.7 Å². The molecule has 1 heterocycles. The van der Waals surface area contributed by atoms with E-state index in [1.54, 1.807) is 20.8 Å². The standard InChI is InChI=1S/C9H16O5/c1-6(2)9(13-14-9)12-7(10)11-8(3,4)5/h6H,1-5H3. The highest BCUT2D eigenvalue weighted by Gasteiger charge is 2.57. The predicted octanol–water partition coefficient (Wildman–Crippen LogP) is 2.21. The van der Waals surface area contributed by atoms with Gasteiger partial charge in [-0.05, 0) is 20.8 Å².